The number of pyridine rings is 1. The summed E-state index contributed by atoms with van der Waals surface area (Å²) in [7, 11) is 0. The smallest absolute Gasteiger partial charge is 0.131 e. The van der Waals surface area contributed by atoms with E-state index in [0.717, 1.165) is 22.3 Å². The molecule has 1 aromatic heterocycles. The second-order valence-corrected chi connectivity index (χ2v) is 3.85. The first kappa shape index (κ1) is 10.6. The molecule has 0 saturated heterocycles. The Morgan fingerprint density at radius 1 is 1.12 bits per heavy atom. The monoisotopic (exact) mass is 216 g/mol. The molecule has 0 radical (unpaired) electrons. The van der Waals surface area contributed by atoms with E-state index < -0.39 is 0 Å². The standard InChI is InChI=1S/C13H13FN2/c1-8-3-4-10(14)7-11(8)12-9(2)5-6-16-13(12)15/h3-7H,1-2H3,(H2,15,16). The van der Waals surface area contributed by atoms with Gasteiger partial charge in [0, 0.05) is 11.8 Å². The summed E-state index contributed by atoms with van der Waals surface area (Å²) in [6.07, 6.45) is 1.66. The molecule has 0 fully saturated rings. The van der Waals surface area contributed by atoms with E-state index in [1.807, 2.05) is 19.9 Å². The fraction of sp³-hybridized carbons (Fsp3) is 0.154. The Morgan fingerprint density at radius 2 is 1.88 bits per heavy atom. The summed E-state index contributed by atoms with van der Waals surface area (Å²) in [6, 6.07) is 6.56. The van der Waals surface area contributed by atoms with Gasteiger partial charge in [0.15, 0.2) is 0 Å². The molecule has 2 rings (SSSR count). The molecule has 16 heavy (non-hydrogen) atoms. The van der Waals surface area contributed by atoms with Gasteiger partial charge in [0.2, 0.25) is 0 Å². The summed E-state index contributed by atoms with van der Waals surface area (Å²) in [6.45, 7) is 3.87. The van der Waals surface area contributed by atoms with Crippen molar-refractivity contribution in [1.82, 2.24) is 4.98 Å². The van der Waals surface area contributed by atoms with Crippen LogP contribution >= 0.6 is 0 Å². The Kier molecular flexibility index (Phi) is 2.60. The summed E-state index contributed by atoms with van der Waals surface area (Å²) in [5, 5.41) is 0. The number of rotatable bonds is 1. The SMILES string of the molecule is Cc1ccc(F)cc1-c1c(C)ccnc1N. The molecule has 0 aliphatic carbocycles. The number of halogens is 1. The van der Waals surface area contributed by atoms with Crippen LogP contribution in [0.3, 0.4) is 0 Å². The molecule has 2 aromatic rings. The van der Waals surface area contributed by atoms with E-state index in [9.17, 15) is 4.39 Å². The summed E-state index contributed by atoms with van der Waals surface area (Å²) in [4.78, 5) is 4.04. The minimum atomic E-state index is -0.261. The topological polar surface area (TPSA) is 38.9 Å². The highest BCUT2D eigenvalue weighted by molar-refractivity contribution is 5.78. The van der Waals surface area contributed by atoms with Gasteiger partial charge in [-0.25, -0.2) is 9.37 Å². The van der Waals surface area contributed by atoms with E-state index in [1.165, 1.54) is 12.1 Å². The predicted octanol–water partition coefficient (Wildman–Crippen LogP) is 3.09. The molecule has 3 heteroatoms. The number of hydrogen-bond donors (Lipinski definition) is 1. The summed E-state index contributed by atoms with van der Waals surface area (Å²) >= 11 is 0. The number of benzene rings is 1. The number of nitrogens with two attached hydrogens (primary N) is 1. The van der Waals surface area contributed by atoms with Gasteiger partial charge in [0.25, 0.3) is 0 Å². The first-order valence-electron chi connectivity index (χ1n) is 5.07. The van der Waals surface area contributed by atoms with Crippen LogP contribution in [-0.4, -0.2) is 4.98 Å². The number of hydrogen-bond acceptors (Lipinski definition) is 2. The van der Waals surface area contributed by atoms with Crippen molar-refractivity contribution in [3.8, 4) is 11.1 Å². The van der Waals surface area contributed by atoms with Gasteiger partial charge in [0.05, 0.1) is 0 Å². The normalized spacial score (nSPS) is 10.4. The minimum absolute atomic E-state index is 0.261. The van der Waals surface area contributed by atoms with Gasteiger partial charge in [-0.2, -0.15) is 0 Å². The van der Waals surface area contributed by atoms with Crippen molar-refractivity contribution >= 4 is 5.82 Å². The first-order chi connectivity index (χ1) is 7.59. The molecule has 0 unspecified atom stereocenters. The molecule has 1 heterocycles. The Hall–Kier alpha value is -1.90. The van der Waals surface area contributed by atoms with Crippen LogP contribution in [0.4, 0.5) is 10.2 Å². The van der Waals surface area contributed by atoms with Gasteiger partial charge in [-0.15, -0.1) is 0 Å². The molecule has 0 aliphatic rings. The van der Waals surface area contributed by atoms with Crippen molar-refractivity contribution in [3.63, 3.8) is 0 Å². The summed E-state index contributed by atoms with van der Waals surface area (Å²) in [5.74, 6) is 0.178. The van der Waals surface area contributed by atoms with Crippen LogP contribution < -0.4 is 5.73 Å². The maximum Gasteiger partial charge on any atom is 0.131 e. The quantitative estimate of drug-likeness (QED) is 0.795. The van der Waals surface area contributed by atoms with E-state index in [2.05, 4.69) is 4.98 Å². The van der Waals surface area contributed by atoms with Crippen molar-refractivity contribution < 1.29 is 4.39 Å². The number of aromatic nitrogens is 1. The highest BCUT2D eigenvalue weighted by Crippen LogP contribution is 2.30. The fourth-order valence-corrected chi connectivity index (χ4v) is 1.79. The Labute approximate surface area is 93.9 Å². The molecule has 0 amide bonds. The van der Waals surface area contributed by atoms with Gasteiger partial charge in [0.1, 0.15) is 11.6 Å². The van der Waals surface area contributed by atoms with Crippen molar-refractivity contribution in [2.24, 2.45) is 0 Å². The maximum absolute atomic E-state index is 13.2. The summed E-state index contributed by atoms with van der Waals surface area (Å²) in [5.41, 5.74) is 9.46. The molecule has 0 aliphatic heterocycles. The van der Waals surface area contributed by atoms with Crippen molar-refractivity contribution in [1.29, 1.82) is 0 Å². The number of nitrogen functional groups attached to an aromatic ring is 1. The third-order valence-electron chi connectivity index (χ3n) is 2.66. The number of aryl methyl sites for hydroxylation is 2. The minimum Gasteiger partial charge on any atom is -0.383 e. The predicted molar refractivity (Wildman–Crippen MR) is 63.5 cm³/mol. The van der Waals surface area contributed by atoms with Crippen LogP contribution in [0.15, 0.2) is 30.5 Å². The molecule has 0 saturated carbocycles. The van der Waals surface area contributed by atoms with Gasteiger partial charge < -0.3 is 5.73 Å². The van der Waals surface area contributed by atoms with E-state index in [4.69, 9.17) is 5.73 Å². The second kappa shape index (κ2) is 3.93. The Bertz CT molecular complexity index is 515. The van der Waals surface area contributed by atoms with Crippen LogP contribution in [0, 0.1) is 19.7 Å². The third kappa shape index (κ3) is 1.76. The zero-order chi connectivity index (χ0) is 11.7. The molecule has 2 N–H and O–H groups in total. The Morgan fingerprint density at radius 3 is 2.56 bits per heavy atom. The van der Waals surface area contributed by atoms with E-state index >= 15 is 0 Å². The molecule has 82 valence electrons. The lowest BCUT2D eigenvalue weighted by atomic mass is 9.97. The van der Waals surface area contributed by atoms with Gasteiger partial charge in [-0.1, -0.05) is 6.07 Å². The molecule has 0 bridgehead atoms. The number of nitrogens with zero attached hydrogens (tertiary/aromatic N) is 1. The van der Waals surface area contributed by atoms with Gasteiger partial charge in [-0.3, -0.25) is 0 Å². The van der Waals surface area contributed by atoms with E-state index in [0.29, 0.717) is 5.82 Å². The van der Waals surface area contributed by atoms with Crippen molar-refractivity contribution in [2.75, 3.05) is 5.73 Å². The molecule has 2 nitrogen and oxygen atoms in total. The van der Waals surface area contributed by atoms with Gasteiger partial charge >= 0.3 is 0 Å². The fourth-order valence-electron chi connectivity index (χ4n) is 1.79. The maximum atomic E-state index is 13.2. The zero-order valence-electron chi connectivity index (χ0n) is 9.29. The highest BCUT2D eigenvalue weighted by Gasteiger charge is 2.10. The summed E-state index contributed by atoms with van der Waals surface area (Å²) < 4.78 is 13.2. The zero-order valence-corrected chi connectivity index (χ0v) is 9.29. The van der Waals surface area contributed by atoms with Crippen LogP contribution in [0.5, 0.6) is 0 Å². The third-order valence-corrected chi connectivity index (χ3v) is 2.66. The van der Waals surface area contributed by atoms with Crippen LogP contribution in [0.1, 0.15) is 11.1 Å². The average Bonchev–Trinajstić information content (AvgIpc) is 2.23. The van der Waals surface area contributed by atoms with Crippen LogP contribution in [-0.2, 0) is 0 Å². The molecule has 1 aromatic carbocycles. The molecule has 0 spiro atoms. The van der Waals surface area contributed by atoms with Gasteiger partial charge in [-0.05, 0) is 48.7 Å². The van der Waals surface area contributed by atoms with E-state index in [1.54, 1.807) is 12.3 Å². The molecular formula is C13H13FN2. The van der Waals surface area contributed by atoms with Crippen molar-refractivity contribution in [3.05, 3.63) is 47.4 Å². The number of anilines is 1. The molecular weight excluding hydrogens is 203 g/mol. The lowest BCUT2D eigenvalue weighted by Crippen LogP contribution is -1.97. The first-order valence-corrected chi connectivity index (χ1v) is 5.07. The highest BCUT2D eigenvalue weighted by atomic mass is 19.1. The largest absolute Gasteiger partial charge is 0.383 e. The Balaban J connectivity index is 2.72. The van der Waals surface area contributed by atoms with Crippen LogP contribution in [0.25, 0.3) is 11.1 Å². The second-order valence-electron chi connectivity index (χ2n) is 3.85. The molecule has 0 atom stereocenters. The van der Waals surface area contributed by atoms with E-state index in [-0.39, 0.29) is 5.82 Å². The lowest BCUT2D eigenvalue weighted by molar-refractivity contribution is 0.628. The average molecular weight is 216 g/mol. The van der Waals surface area contributed by atoms with Crippen LogP contribution in [0.2, 0.25) is 0 Å². The van der Waals surface area contributed by atoms with Crippen molar-refractivity contribution in [2.45, 2.75) is 13.8 Å². The lowest BCUT2D eigenvalue weighted by Gasteiger charge is -2.11.